The summed E-state index contributed by atoms with van der Waals surface area (Å²) in [5.74, 6) is -0.985. The SMILES string of the molecule is CC(C)Cn1c(=O)c(C(=O)NC2CC2)c(O)n2ncc(/C=C/C(=O)N3CCCC34CC4)c12. The molecular weight excluding hydrogens is 410 g/mol. The summed E-state index contributed by atoms with van der Waals surface area (Å²) in [5, 5.41) is 17.8. The predicted octanol–water partition coefficient (Wildman–Crippen LogP) is 1.92. The maximum atomic E-state index is 13.3. The molecule has 5 rings (SSSR count). The third kappa shape index (κ3) is 3.49. The molecule has 170 valence electrons. The number of rotatable bonds is 6. The largest absolute Gasteiger partial charge is 0.492 e. The highest BCUT2D eigenvalue weighted by Gasteiger charge is 2.52. The van der Waals surface area contributed by atoms with Crippen LogP contribution < -0.4 is 10.9 Å². The Bertz CT molecular complexity index is 1180. The van der Waals surface area contributed by atoms with Crippen molar-refractivity contribution in [2.24, 2.45) is 5.92 Å². The minimum atomic E-state index is -0.582. The summed E-state index contributed by atoms with van der Waals surface area (Å²) < 4.78 is 2.69. The van der Waals surface area contributed by atoms with Crippen LogP contribution >= 0.6 is 0 Å². The number of aromatic hydroxyl groups is 1. The van der Waals surface area contributed by atoms with Gasteiger partial charge in [-0.25, -0.2) is 0 Å². The van der Waals surface area contributed by atoms with Crippen LogP contribution in [0.4, 0.5) is 0 Å². The molecule has 9 heteroatoms. The first-order valence-electron chi connectivity index (χ1n) is 11.4. The first kappa shape index (κ1) is 20.8. The summed E-state index contributed by atoms with van der Waals surface area (Å²) in [6.07, 6.45) is 10.7. The van der Waals surface area contributed by atoms with Gasteiger partial charge in [-0.3, -0.25) is 19.0 Å². The van der Waals surface area contributed by atoms with E-state index in [1.54, 1.807) is 6.08 Å². The van der Waals surface area contributed by atoms with E-state index in [0.717, 1.165) is 45.1 Å². The monoisotopic (exact) mass is 439 g/mol. The van der Waals surface area contributed by atoms with Gasteiger partial charge in [0.2, 0.25) is 11.8 Å². The fourth-order valence-corrected chi connectivity index (χ4v) is 4.75. The number of aromatic nitrogens is 3. The van der Waals surface area contributed by atoms with E-state index in [-0.39, 0.29) is 29.0 Å². The minimum Gasteiger partial charge on any atom is -0.492 e. The molecule has 2 amide bonds. The van der Waals surface area contributed by atoms with Crippen molar-refractivity contribution in [3.05, 3.63) is 33.8 Å². The molecule has 3 aliphatic rings. The molecule has 0 bridgehead atoms. The van der Waals surface area contributed by atoms with Gasteiger partial charge in [0.25, 0.3) is 11.5 Å². The van der Waals surface area contributed by atoms with Crippen LogP contribution in [0.2, 0.25) is 0 Å². The molecule has 2 aliphatic carbocycles. The fourth-order valence-electron chi connectivity index (χ4n) is 4.75. The lowest BCUT2D eigenvalue weighted by molar-refractivity contribution is -0.127. The second-order valence-electron chi connectivity index (χ2n) is 9.74. The molecule has 0 atom stereocenters. The number of nitrogens with one attached hydrogen (secondary N) is 1. The molecule has 2 aromatic heterocycles. The first-order chi connectivity index (χ1) is 15.3. The van der Waals surface area contributed by atoms with Crippen molar-refractivity contribution in [3.63, 3.8) is 0 Å². The highest BCUT2D eigenvalue weighted by molar-refractivity contribution is 5.97. The van der Waals surface area contributed by atoms with Crippen LogP contribution in [0.1, 0.15) is 68.3 Å². The summed E-state index contributed by atoms with van der Waals surface area (Å²) in [7, 11) is 0. The molecule has 0 aromatic carbocycles. The average Bonchev–Trinajstić information content (AvgIpc) is 3.61. The van der Waals surface area contributed by atoms with Crippen molar-refractivity contribution in [1.29, 1.82) is 0 Å². The molecular formula is C23H29N5O4. The van der Waals surface area contributed by atoms with Crippen LogP contribution in [0.25, 0.3) is 11.7 Å². The lowest BCUT2D eigenvalue weighted by Crippen LogP contribution is -2.36. The second kappa shape index (κ2) is 7.50. The Morgan fingerprint density at radius 1 is 1.31 bits per heavy atom. The standard InChI is InChI=1S/C23H29N5O4/c1-14(2)13-26-20-15(4-7-17(29)27-11-3-8-23(27)9-10-23)12-24-28(20)22(32)18(21(26)31)19(30)25-16-5-6-16/h4,7,12,14,16,32H,3,5-6,8-11,13H2,1-2H3,(H,25,30)/b7-4+. The maximum absolute atomic E-state index is 13.3. The lowest BCUT2D eigenvalue weighted by Gasteiger charge is -2.22. The molecule has 3 fully saturated rings. The van der Waals surface area contributed by atoms with Gasteiger partial charge < -0.3 is 15.3 Å². The Labute approximate surface area is 185 Å². The van der Waals surface area contributed by atoms with Crippen molar-refractivity contribution in [2.75, 3.05) is 6.54 Å². The fraction of sp³-hybridized carbons (Fsp3) is 0.565. The summed E-state index contributed by atoms with van der Waals surface area (Å²) in [6.45, 7) is 5.06. The third-order valence-electron chi connectivity index (χ3n) is 6.69. The van der Waals surface area contributed by atoms with E-state index in [9.17, 15) is 19.5 Å². The zero-order chi connectivity index (χ0) is 22.6. The van der Waals surface area contributed by atoms with Gasteiger partial charge in [-0.2, -0.15) is 9.61 Å². The quantitative estimate of drug-likeness (QED) is 0.669. The molecule has 3 heterocycles. The molecule has 2 aromatic rings. The maximum Gasteiger partial charge on any atom is 0.270 e. The smallest absolute Gasteiger partial charge is 0.270 e. The van der Waals surface area contributed by atoms with E-state index in [1.165, 1.54) is 21.4 Å². The van der Waals surface area contributed by atoms with Gasteiger partial charge in [0.15, 0.2) is 5.56 Å². The van der Waals surface area contributed by atoms with Crippen molar-refractivity contribution in [2.45, 2.75) is 70.5 Å². The number of amides is 2. The summed E-state index contributed by atoms with van der Waals surface area (Å²) in [5.41, 5.74) is 0.123. The van der Waals surface area contributed by atoms with Crippen molar-refractivity contribution in [3.8, 4) is 5.88 Å². The highest BCUT2D eigenvalue weighted by Crippen LogP contribution is 2.49. The van der Waals surface area contributed by atoms with Crippen LogP contribution in [0, 0.1) is 5.92 Å². The van der Waals surface area contributed by atoms with Crippen LogP contribution in [0.5, 0.6) is 5.88 Å². The van der Waals surface area contributed by atoms with E-state index in [0.29, 0.717) is 17.8 Å². The Balaban J connectivity index is 1.54. The first-order valence-corrected chi connectivity index (χ1v) is 11.4. The number of fused-ring (bicyclic) bond motifs is 1. The van der Waals surface area contributed by atoms with E-state index in [4.69, 9.17) is 0 Å². The molecule has 1 aliphatic heterocycles. The predicted molar refractivity (Wildman–Crippen MR) is 118 cm³/mol. The minimum absolute atomic E-state index is 0.0400. The molecule has 2 N–H and O–H groups in total. The van der Waals surface area contributed by atoms with Gasteiger partial charge in [-0.15, -0.1) is 0 Å². The second-order valence-corrected chi connectivity index (χ2v) is 9.74. The van der Waals surface area contributed by atoms with Gasteiger partial charge in [0, 0.05) is 36.3 Å². The van der Waals surface area contributed by atoms with Gasteiger partial charge in [-0.1, -0.05) is 13.8 Å². The molecule has 2 saturated carbocycles. The summed E-state index contributed by atoms with van der Waals surface area (Å²) in [4.78, 5) is 40.7. The number of hydrogen-bond donors (Lipinski definition) is 2. The molecule has 32 heavy (non-hydrogen) atoms. The van der Waals surface area contributed by atoms with E-state index in [1.807, 2.05) is 18.7 Å². The number of nitrogens with zero attached hydrogens (tertiary/aromatic N) is 4. The Kier molecular flexibility index (Phi) is 4.87. The van der Waals surface area contributed by atoms with Crippen LogP contribution in [0.15, 0.2) is 17.1 Å². The van der Waals surface area contributed by atoms with E-state index >= 15 is 0 Å². The van der Waals surface area contributed by atoms with Gasteiger partial charge >= 0.3 is 0 Å². The zero-order valence-electron chi connectivity index (χ0n) is 18.5. The molecule has 9 nitrogen and oxygen atoms in total. The van der Waals surface area contributed by atoms with Gasteiger partial charge in [-0.05, 0) is 50.5 Å². The molecule has 0 unspecified atom stereocenters. The Morgan fingerprint density at radius 2 is 2.06 bits per heavy atom. The van der Waals surface area contributed by atoms with E-state index in [2.05, 4.69) is 10.4 Å². The third-order valence-corrected chi connectivity index (χ3v) is 6.69. The summed E-state index contributed by atoms with van der Waals surface area (Å²) in [6, 6.07) is 0.0537. The average molecular weight is 440 g/mol. The number of carbonyl (C=O) groups excluding carboxylic acids is 2. The van der Waals surface area contributed by atoms with Crippen molar-refractivity contribution < 1.29 is 14.7 Å². The van der Waals surface area contributed by atoms with Gasteiger partial charge in [0.05, 0.1) is 6.20 Å². The Hall–Kier alpha value is -3.10. The van der Waals surface area contributed by atoms with E-state index < -0.39 is 17.3 Å². The number of carbonyl (C=O) groups is 2. The van der Waals surface area contributed by atoms with Crippen LogP contribution in [-0.4, -0.2) is 54.1 Å². The molecule has 1 saturated heterocycles. The topological polar surface area (TPSA) is 109 Å². The van der Waals surface area contributed by atoms with Crippen molar-refractivity contribution in [1.82, 2.24) is 24.4 Å². The number of likely N-dealkylation sites (tertiary alicyclic amines) is 1. The van der Waals surface area contributed by atoms with Crippen molar-refractivity contribution >= 4 is 23.5 Å². The highest BCUT2D eigenvalue weighted by atomic mass is 16.3. The van der Waals surface area contributed by atoms with Crippen LogP contribution in [0.3, 0.4) is 0 Å². The van der Waals surface area contributed by atoms with Gasteiger partial charge in [0.1, 0.15) is 5.65 Å². The Morgan fingerprint density at radius 3 is 2.72 bits per heavy atom. The molecule has 1 spiro atoms. The lowest BCUT2D eigenvalue weighted by atomic mass is 10.2. The normalized spacial score (nSPS) is 19.5. The number of hydrogen-bond acceptors (Lipinski definition) is 5. The molecule has 0 radical (unpaired) electrons. The summed E-state index contributed by atoms with van der Waals surface area (Å²) >= 11 is 0. The zero-order valence-corrected chi connectivity index (χ0v) is 18.5. The van der Waals surface area contributed by atoms with Crippen LogP contribution in [-0.2, 0) is 11.3 Å².